The second-order valence-corrected chi connectivity index (χ2v) is 10.8. The van der Waals surface area contributed by atoms with Gasteiger partial charge in [-0.3, -0.25) is 4.79 Å². The van der Waals surface area contributed by atoms with Gasteiger partial charge in [0.15, 0.2) is 0 Å². The molecule has 0 aliphatic heterocycles. The normalized spacial score (nSPS) is 12.3. The number of nitrogens with zero attached hydrogens (tertiary/aromatic N) is 2. The van der Waals surface area contributed by atoms with Crippen molar-refractivity contribution in [1.29, 1.82) is 0 Å². The summed E-state index contributed by atoms with van der Waals surface area (Å²) in [6.45, 7) is 4.65. The molecule has 1 aromatic carbocycles. The number of rotatable bonds is 21. The van der Waals surface area contributed by atoms with E-state index in [1.54, 1.807) is 49.8 Å². The third-order valence-electron chi connectivity index (χ3n) is 6.72. The number of anilines is 1. The molecule has 3 rings (SSSR count). The molecule has 0 saturated carbocycles. The quantitative estimate of drug-likeness (QED) is 0.111. The Morgan fingerprint density at radius 3 is 2.28 bits per heavy atom. The highest BCUT2D eigenvalue weighted by molar-refractivity contribution is 6.30. The van der Waals surface area contributed by atoms with Crippen LogP contribution in [0.1, 0.15) is 41.0 Å². The molecular weight excluding hydrogens is 634 g/mol. The number of hydrogen-bond donors (Lipinski definition) is 3. The van der Waals surface area contributed by atoms with Crippen molar-refractivity contribution in [3.8, 4) is 11.3 Å². The standard InChI is InChI=1S/C32H42ClN5O9/c1-5-25(17-46-28(39)19-44-11-9-42-3)36-32-35-15-21(2)30(38-32)23-14-26(34-16-23)31(41)37-27(22-7-6-8-24(33)13-22)18-47-29(40)20-45-12-10-43-4/h6-8,13-16,25,27,34H,5,9-12,17-20H2,1-4H3,(H,37,41)(H,35,36,38)/t25-,27+/m0/s1. The lowest BCUT2D eigenvalue weighted by Gasteiger charge is -2.19. The van der Waals surface area contributed by atoms with Gasteiger partial charge in [-0.1, -0.05) is 30.7 Å². The largest absolute Gasteiger partial charge is 0.462 e. The van der Waals surface area contributed by atoms with Gasteiger partial charge in [0.05, 0.1) is 44.2 Å². The minimum atomic E-state index is -0.690. The fourth-order valence-electron chi connectivity index (χ4n) is 4.14. The number of benzene rings is 1. The lowest BCUT2D eigenvalue weighted by Crippen LogP contribution is -2.33. The molecule has 0 fully saturated rings. The van der Waals surface area contributed by atoms with Crippen molar-refractivity contribution in [2.24, 2.45) is 0 Å². The Hall–Kier alpha value is -4.08. The van der Waals surface area contributed by atoms with Crippen LogP contribution in [0.4, 0.5) is 5.95 Å². The molecule has 14 nitrogen and oxygen atoms in total. The van der Waals surface area contributed by atoms with Crippen molar-refractivity contribution < 1.29 is 42.8 Å². The van der Waals surface area contributed by atoms with Crippen LogP contribution in [0.15, 0.2) is 42.7 Å². The number of nitrogens with one attached hydrogen (secondary N) is 3. The highest BCUT2D eigenvalue weighted by atomic mass is 35.5. The Bertz CT molecular complexity index is 1440. The smallest absolute Gasteiger partial charge is 0.332 e. The van der Waals surface area contributed by atoms with Crippen molar-refractivity contribution in [2.75, 3.05) is 72.4 Å². The van der Waals surface area contributed by atoms with Gasteiger partial charge in [0.25, 0.3) is 5.91 Å². The van der Waals surface area contributed by atoms with Crippen LogP contribution in [0.5, 0.6) is 0 Å². The van der Waals surface area contributed by atoms with Gasteiger partial charge in [0.1, 0.15) is 32.1 Å². The van der Waals surface area contributed by atoms with E-state index < -0.39 is 23.9 Å². The first-order valence-electron chi connectivity index (χ1n) is 15.0. The number of esters is 2. The number of ether oxygens (including phenoxy) is 6. The molecule has 3 N–H and O–H groups in total. The van der Waals surface area contributed by atoms with Crippen LogP contribution >= 0.6 is 11.6 Å². The summed E-state index contributed by atoms with van der Waals surface area (Å²) < 4.78 is 30.9. The molecule has 0 radical (unpaired) electrons. The summed E-state index contributed by atoms with van der Waals surface area (Å²) in [4.78, 5) is 49.6. The number of H-pyrrole nitrogens is 1. The molecule has 0 unspecified atom stereocenters. The van der Waals surface area contributed by atoms with E-state index in [9.17, 15) is 14.4 Å². The molecule has 256 valence electrons. The predicted molar refractivity (Wildman–Crippen MR) is 173 cm³/mol. The number of halogens is 1. The first-order valence-corrected chi connectivity index (χ1v) is 15.4. The Labute approximate surface area is 278 Å². The summed E-state index contributed by atoms with van der Waals surface area (Å²) in [5.41, 5.74) is 2.96. The fraction of sp³-hybridized carbons (Fsp3) is 0.469. The second-order valence-electron chi connectivity index (χ2n) is 10.3. The van der Waals surface area contributed by atoms with Crippen molar-refractivity contribution >= 4 is 35.4 Å². The maximum absolute atomic E-state index is 13.4. The number of hydrogen-bond acceptors (Lipinski definition) is 12. The van der Waals surface area contributed by atoms with Crippen LogP contribution in [0.2, 0.25) is 5.02 Å². The van der Waals surface area contributed by atoms with Gasteiger partial charge in [-0.05, 0) is 42.7 Å². The molecule has 2 atom stereocenters. The lowest BCUT2D eigenvalue weighted by atomic mass is 10.1. The molecule has 1 amide bonds. The Morgan fingerprint density at radius 2 is 1.64 bits per heavy atom. The summed E-state index contributed by atoms with van der Waals surface area (Å²) in [5.74, 6) is -1.15. The van der Waals surface area contributed by atoms with E-state index in [1.165, 1.54) is 7.11 Å². The van der Waals surface area contributed by atoms with Crippen LogP contribution in [-0.2, 0) is 38.0 Å². The van der Waals surface area contributed by atoms with Crippen LogP contribution < -0.4 is 10.6 Å². The third-order valence-corrected chi connectivity index (χ3v) is 6.95. The predicted octanol–water partition coefficient (Wildman–Crippen LogP) is 3.51. The van der Waals surface area contributed by atoms with E-state index in [-0.39, 0.29) is 44.8 Å². The minimum absolute atomic E-state index is 0.105. The van der Waals surface area contributed by atoms with Crippen LogP contribution in [0.3, 0.4) is 0 Å². The van der Waals surface area contributed by atoms with Crippen molar-refractivity contribution in [1.82, 2.24) is 20.3 Å². The monoisotopic (exact) mass is 675 g/mol. The van der Waals surface area contributed by atoms with Gasteiger partial charge in [-0.15, -0.1) is 0 Å². The molecule has 0 spiro atoms. The molecule has 2 aromatic heterocycles. The summed E-state index contributed by atoms with van der Waals surface area (Å²) in [5, 5.41) is 6.58. The number of methoxy groups -OCH3 is 2. The third kappa shape index (κ3) is 12.9. The first kappa shape index (κ1) is 37.4. The molecule has 47 heavy (non-hydrogen) atoms. The van der Waals surface area contributed by atoms with Gasteiger partial charge < -0.3 is 44.0 Å². The van der Waals surface area contributed by atoms with E-state index in [1.807, 2.05) is 13.8 Å². The maximum atomic E-state index is 13.4. The second kappa shape index (κ2) is 20.2. The zero-order chi connectivity index (χ0) is 34.0. The van der Waals surface area contributed by atoms with Gasteiger partial charge in [0, 0.05) is 37.2 Å². The SMILES string of the molecule is CC[C@@H](COC(=O)COCCOC)Nc1ncc(C)c(-c2c[nH]c(C(=O)N[C@H](COC(=O)COCCOC)c3cccc(Cl)c3)c2)n1. The van der Waals surface area contributed by atoms with Gasteiger partial charge in [-0.25, -0.2) is 19.6 Å². The Kier molecular flexibility index (Phi) is 16.1. The lowest BCUT2D eigenvalue weighted by molar-refractivity contribution is -0.150. The number of aromatic nitrogens is 3. The van der Waals surface area contributed by atoms with Crippen molar-refractivity contribution in [3.63, 3.8) is 0 Å². The van der Waals surface area contributed by atoms with Crippen molar-refractivity contribution in [2.45, 2.75) is 32.4 Å². The first-order chi connectivity index (χ1) is 22.7. The van der Waals surface area contributed by atoms with Gasteiger partial charge in [-0.2, -0.15) is 0 Å². The van der Waals surface area contributed by atoms with Crippen LogP contribution in [-0.4, -0.2) is 106 Å². The van der Waals surface area contributed by atoms with E-state index in [4.69, 9.17) is 40.0 Å². The van der Waals surface area contributed by atoms with E-state index >= 15 is 0 Å². The zero-order valence-electron chi connectivity index (χ0n) is 27.0. The van der Waals surface area contributed by atoms with E-state index in [2.05, 4.69) is 25.6 Å². The Morgan fingerprint density at radius 1 is 0.957 bits per heavy atom. The molecular formula is C32H42ClN5O9. The molecule has 15 heteroatoms. The summed E-state index contributed by atoms with van der Waals surface area (Å²) in [7, 11) is 3.09. The van der Waals surface area contributed by atoms with Crippen LogP contribution in [0.25, 0.3) is 11.3 Å². The summed E-state index contributed by atoms with van der Waals surface area (Å²) >= 11 is 6.20. The Balaban J connectivity index is 1.65. The zero-order valence-corrected chi connectivity index (χ0v) is 27.8. The number of aryl methyl sites for hydroxylation is 1. The maximum Gasteiger partial charge on any atom is 0.332 e. The molecule has 0 saturated heterocycles. The number of aromatic amines is 1. The highest BCUT2D eigenvalue weighted by Crippen LogP contribution is 2.24. The number of amides is 1. The fourth-order valence-corrected chi connectivity index (χ4v) is 4.34. The van der Waals surface area contributed by atoms with Gasteiger partial charge >= 0.3 is 11.9 Å². The topological polar surface area (TPSA) is 172 Å². The number of carbonyl (C=O) groups is 3. The molecule has 2 heterocycles. The average Bonchev–Trinajstić information content (AvgIpc) is 3.56. The average molecular weight is 676 g/mol. The van der Waals surface area contributed by atoms with Gasteiger partial charge in [0.2, 0.25) is 5.95 Å². The summed E-state index contributed by atoms with van der Waals surface area (Å²) in [6, 6.07) is 7.66. The molecule has 0 aliphatic rings. The summed E-state index contributed by atoms with van der Waals surface area (Å²) in [6.07, 6.45) is 3.98. The van der Waals surface area contributed by atoms with Crippen molar-refractivity contribution in [3.05, 3.63) is 64.6 Å². The molecule has 0 bridgehead atoms. The van der Waals surface area contributed by atoms with Crippen LogP contribution in [0, 0.1) is 6.92 Å². The highest BCUT2D eigenvalue weighted by Gasteiger charge is 2.21. The minimum Gasteiger partial charge on any atom is -0.462 e. The molecule has 0 aliphatic carbocycles. The number of carbonyl (C=O) groups excluding carboxylic acids is 3. The van der Waals surface area contributed by atoms with E-state index in [0.717, 1.165) is 5.56 Å². The molecule has 3 aromatic rings. The van der Waals surface area contributed by atoms with E-state index in [0.29, 0.717) is 54.0 Å².